The number of rotatable bonds is 5. The van der Waals surface area contributed by atoms with E-state index in [2.05, 4.69) is 39.8 Å². The summed E-state index contributed by atoms with van der Waals surface area (Å²) >= 11 is 1.47. The largest absolute Gasteiger partial charge is 0.455 e. The molecule has 5 nitrogen and oxygen atoms in total. The molecule has 0 spiro atoms. The van der Waals surface area contributed by atoms with E-state index in [4.69, 9.17) is 4.42 Å². The average molecular weight is 454 g/mol. The van der Waals surface area contributed by atoms with Crippen LogP contribution >= 0.6 is 11.5 Å². The van der Waals surface area contributed by atoms with E-state index in [9.17, 15) is 4.79 Å². The first-order valence-corrected chi connectivity index (χ1v) is 11.5. The van der Waals surface area contributed by atoms with Gasteiger partial charge in [0.05, 0.1) is 16.3 Å². The summed E-state index contributed by atoms with van der Waals surface area (Å²) < 4.78 is 10.7. The van der Waals surface area contributed by atoms with Gasteiger partial charge in [0, 0.05) is 46.5 Å². The fraction of sp³-hybridized carbons (Fsp3) is 0.148. The predicted molar refractivity (Wildman–Crippen MR) is 135 cm³/mol. The number of nitrogens with zero attached hydrogens (tertiary/aromatic N) is 2. The van der Waals surface area contributed by atoms with E-state index in [0.29, 0.717) is 22.3 Å². The highest BCUT2D eigenvalue weighted by Gasteiger charge is 2.19. The molecule has 164 valence electrons. The van der Waals surface area contributed by atoms with Crippen LogP contribution in [-0.2, 0) is 0 Å². The van der Waals surface area contributed by atoms with Crippen LogP contribution in [0, 0.1) is 13.8 Å². The van der Waals surface area contributed by atoms with E-state index in [-0.39, 0.29) is 11.5 Å². The van der Waals surface area contributed by atoms with Crippen molar-refractivity contribution in [3.05, 3.63) is 100 Å². The molecular weight excluding hydrogens is 430 g/mol. The zero-order chi connectivity index (χ0) is 22.9. The van der Waals surface area contributed by atoms with Crippen molar-refractivity contribution in [3.8, 4) is 21.8 Å². The second-order valence-corrected chi connectivity index (χ2v) is 8.98. The van der Waals surface area contributed by atoms with Crippen LogP contribution in [0.25, 0.3) is 32.7 Å². The highest BCUT2D eigenvalue weighted by molar-refractivity contribution is 7.09. The van der Waals surface area contributed by atoms with Crippen LogP contribution in [0.2, 0.25) is 0 Å². The Labute approximate surface area is 195 Å². The summed E-state index contributed by atoms with van der Waals surface area (Å²) in [5, 5.41) is 4.23. The van der Waals surface area contributed by atoms with Gasteiger partial charge in [-0.2, -0.15) is 0 Å². The van der Waals surface area contributed by atoms with Crippen molar-refractivity contribution in [2.75, 3.05) is 5.32 Å². The number of hydrogen-bond acceptors (Lipinski definition) is 6. The molecule has 5 rings (SSSR count). The molecule has 5 aromatic rings. The molecule has 2 aromatic carbocycles. The quantitative estimate of drug-likeness (QED) is 0.318. The van der Waals surface area contributed by atoms with Gasteiger partial charge >= 0.3 is 0 Å². The molecule has 0 aliphatic rings. The first-order chi connectivity index (χ1) is 16.0. The summed E-state index contributed by atoms with van der Waals surface area (Å²) in [7, 11) is 0. The summed E-state index contributed by atoms with van der Waals surface area (Å²) in [5.41, 5.74) is 6.01. The Hall–Kier alpha value is -3.77. The van der Waals surface area contributed by atoms with Gasteiger partial charge in [-0.3, -0.25) is 9.78 Å². The molecular formula is C27H23N3O2S. The fourth-order valence-electron chi connectivity index (χ4n) is 4.15. The molecule has 0 radical (unpaired) electrons. The smallest absolute Gasteiger partial charge is 0.196 e. The molecule has 6 heteroatoms. The number of para-hydroxylation sites is 1. The highest BCUT2D eigenvalue weighted by atomic mass is 32.1. The molecule has 1 atom stereocenters. The number of pyridine rings is 1. The van der Waals surface area contributed by atoms with Crippen molar-refractivity contribution in [1.29, 1.82) is 0 Å². The molecule has 33 heavy (non-hydrogen) atoms. The lowest BCUT2D eigenvalue weighted by molar-refractivity contribution is 0.605. The second-order valence-electron chi connectivity index (χ2n) is 8.15. The Morgan fingerprint density at radius 1 is 1.03 bits per heavy atom. The zero-order valence-corrected chi connectivity index (χ0v) is 19.4. The van der Waals surface area contributed by atoms with E-state index in [0.717, 1.165) is 32.8 Å². The third-order valence-corrected chi connectivity index (χ3v) is 6.56. The summed E-state index contributed by atoms with van der Waals surface area (Å²) in [6.45, 7) is 5.90. The van der Waals surface area contributed by atoms with Crippen LogP contribution < -0.4 is 10.7 Å². The first kappa shape index (κ1) is 21.1. The SMILES string of the molecule is Cc1cc(C(C)Nc2ccccc2-c2ccns2)c2oc(-c3cccnc3)c(C)c(=O)c2c1. The van der Waals surface area contributed by atoms with Gasteiger partial charge in [-0.25, -0.2) is 4.37 Å². The maximum atomic E-state index is 13.3. The Balaban J connectivity index is 1.64. The van der Waals surface area contributed by atoms with Crippen LogP contribution in [-0.4, -0.2) is 9.36 Å². The third-order valence-electron chi connectivity index (χ3n) is 5.78. The summed E-state index contributed by atoms with van der Waals surface area (Å²) in [5.74, 6) is 0.558. The van der Waals surface area contributed by atoms with E-state index >= 15 is 0 Å². The number of hydrogen-bond donors (Lipinski definition) is 1. The molecule has 3 heterocycles. The molecule has 3 aromatic heterocycles. The van der Waals surface area contributed by atoms with Crippen LogP contribution in [0.15, 0.2) is 82.4 Å². The van der Waals surface area contributed by atoms with Gasteiger partial charge in [-0.15, -0.1) is 0 Å². The molecule has 1 N–H and O–H groups in total. The minimum Gasteiger partial charge on any atom is -0.455 e. The Bertz CT molecular complexity index is 1490. The Kier molecular flexibility index (Phi) is 5.52. The van der Waals surface area contributed by atoms with Gasteiger partial charge in [0.25, 0.3) is 0 Å². The number of anilines is 1. The van der Waals surface area contributed by atoms with E-state index in [1.54, 1.807) is 12.4 Å². The number of nitrogens with one attached hydrogen (secondary N) is 1. The van der Waals surface area contributed by atoms with Crippen LogP contribution in [0.5, 0.6) is 0 Å². The number of aromatic nitrogens is 2. The first-order valence-electron chi connectivity index (χ1n) is 10.8. The van der Waals surface area contributed by atoms with Crippen molar-refractivity contribution in [3.63, 3.8) is 0 Å². The zero-order valence-electron chi connectivity index (χ0n) is 18.6. The van der Waals surface area contributed by atoms with Gasteiger partial charge in [-0.05, 0) is 68.2 Å². The minimum atomic E-state index is -0.103. The van der Waals surface area contributed by atoms with Crippen LogP contribution in [0.4, 0.5) is 5.69 Å². The molecule has 0 saturated heterocycles. The third kappa shape index (κ3) is 3.94. The van der Waals surface area contributed by atoms with Crippen molar-refractivity contribution >= 4 is 28.2 Å². The summed E-state index contributed by atoms with van der Waals surface area (Å²) in [4.78, 5) is 18.6. The van der Waals surface area contributed by atoms with Crippen molar-refractivity contribution in [2.45, 2.75) is 26.8 Å². The molecule has 1 unspecified atom stereocenters. The van der Waals surface area contributed by atoms with E-state index in [1.165, 1.54) is 11.5 Å². The van der Waals surface area contributed by atoms with Gasteiger partial charge in [0.15, 0.2) is 5.43 Å². The maximum Gasteiger partial charge on any atom is 0.196 e. The average Bonchev–Trinajstić information content (AvgIpc) is 3.37. The molecule has 0 amide bonds. The minimum absolute atomic E-state index is 0.0164. The van der Waals surface area contributed by atoms with Crippen LogP contribution in [0.3, 0.4) is 0 Å². The van der Waals surface area contributed by atoms with Crippen LogP contribution in [0.1, 0.15) is 29.7 Å². The standard InChI is InChI=1S/C27H23N3O2S/c1-16-13-21(18(3)30-23-9-5-4-8-20(23)24-10-12-29-33-24)27-22(14-16)25(31)17(2)26(32-27)19-7-6-11-28-15-19/h4-15,18,30H,1-3H3. The predicted octanol–water partition coefficient (Wildman–Crippen LogP) is 6.77. The fourth-order valence-corrected chi connectivity index (χ4v) is 4.78. The summed E-state index contributed by atoms with van der Waals surface area (Å²) in [6.07, 6.45) is 5.24. The normalized spacial score (nSPS) is 12.1. The van der Waals surface area contributed by atoms with Gasteiger partial charge < -0.3 is 9.73 Å². The monoisotopic (exact) mass is 453 g/mol. The lowest BCUT2D eigenvalue weighted by Gasteiger charge is -2.20. The second kappa shape index (κ2) is 8.64. The highest BCUT2D eigenvalue weighted by Crippen LogP contribution is 2.35. The van der Waals surface area contributed by atoms with Gasteiger partial charge in [0.2, 0.25) is 0 Å². The maximum absolute atomic E-state index is 13.3. The number of benzene rings is 2. The van der Waals surface area contributed by atoms with E-state index in [1.807, 2.05) is 56.4 Å². The lowest BCUT2D eigenvalue weighted by Crippen LogP contribution is -2.12. The van der Waals surface area contributed by atoms with Crippen molar-refractivity contribution in [1.82, 2.24) is 9.36 Å². The van der Waals surface area contributed by atoms with Gasteiger partial charge in [0.1, 0.15) is 11.3 Å². The van der Waals surface area contributed by atoms with E-state index < -0.39 is 0 Å². The molecule has 0 aliphatic heterocycles. The number of fused-ring (bicyclic) bond motifs is 1. The van der Waals surface area contributed by atoms with Crippen molar-refractivity contribution < 1.29 is 4.42 Å². The molecule has 0 fully saturated rings. The topological polar surface area (TPSA) is 68.0 Å². The molecule has 0 bridgehead atoms. The Morgan fingerprint density at radius 3 is 2.64 bits per heavy atom. The summed E-state index contributed by atoms with van der Waals surface area (Å²) in [6, 6.07) is 17.8. The van der Waals surface area contributed by atoms with Crippen molar-refractivity contribution in [2.24, 2.45) is 0 Å². The van der Waals surface area contributed by atoms with Gasteiger partial charge in [-0.1, -0.05) is 24.3 Å². The number of aryl methyl sites for hydroxylation is 1. The lowest BCUT2D eigenvalue weighted by atomic mass is 9.98. The Morgan fingerprint density at radius 2 is 1.88 bits per heavy atom. The molecule has 0 aliphatic carbocycles. The molecule has 0 saturated carbocycles.